The first kappa shape index (κ1) is 21.2. The highest BCUT2D eigenvalue weighted by molar-refractivity contribution is 5.76. The van der Waals surface area contributed by atoms with Crippen LogP contribution < -0.4 is 5.32 Å². The van der Waals surface area contributed by atoms with Crippen LogP contribution in [0.3, 0.4) is 0 Å². The van der Waals surface area contributed by atoms with Crippen LogP contribution >= 0.6 is 0 Å². The van der Waals surface area contributed by atoms with Crippen molar-refractivity contribution in [1.82, 2.24) is 10.2 Å². The molecule has 6 nitrogen and oxygen atoms in total. The molecule has 0 aromatic heterocycles. The van der Waals surface area contributed by atoms with E-state index in [9.17, 15) is 9.59 Å². The van der Waals surface area contributed by atoms with E-state index in [4.69, 9.17) is 9.47 Å². The summed E-state index contributed by atoms with van der Waals surface area (Å²) < 4.78 is 10.7. The summed E-state index contributed by atoms with van der Waals surface area (Å²) in [5.74, 6) is -0.694. The molecule has 1 N–H and O–H groups in total. The van der Waals surface area contributed by atoms with Gasteiger partial charge in [0.1, 0.15) is 5.60 Å². The average molecular weight is 376 g/mol. The van der Waals surface area contributed by atoms with Crippen molar-refractivity contribution in [3.05, 3.63) is 35.9 Å². The summed E-state index contributed by atoms with van der Waals surface area (Å²) in [7, 11) is 0. The highest BCUT2D eigenvalue weighted by atomic mass is 16.6. The van der Waals surface area contributed by atoms with Gasteiger partial charge in [0.15, 0.2) is 0 Å². The van der Waals surface area contributed by atoms with Gasteiger partial charge in [-0.25, -0.2) is 4.79 Å². The molecule has 0 unspecified atom stereocenters. The third kappa shape index (κ3) is 6.24. The minimum absolute atomic E-state index is 0.0575. The quantitative estimate of drug-likeness (QED) is 0.797. The molecular weight excluding hydrogens is 344 g/mol. The van der Waals surface area contributed by atoms with Crippen LogP contribution in [-0.4, -0.2) is 48.3 Å². The van der Waals surface area contributed by atoms with Gasteiger partial charge in [0.2, 0.25) is 0 Å². The number of nitrogens with zero attached hydrogens (tertiary/aromatic N) is 1. The zero-order chi connectivity index (χ0) is 20.0. The molecule has 1 fully saturated rings. The van der Waals surface area contributed by atoms with E-state index >= 15 is 0 Å². The predicted octanol–water partition coefficient (Wildman–Crippen LogP) is 3.53. The number of benzene rings is 1. The minimum atomic E-state index is -0.562. The van der Waals surface area contributed by atoms with E-state index in [1.54, 1.807) is 11.8 Å². The molecule has 150 valence electrons. The first-order chi connectivity index (χ1) is 12.7. The Morgan fingerprint density at radius 2 is 1.93 bits per heavy atom. The van der Waals surface area contributed by atoms with Gasteiger partial charge in [0.25, 0.3) is 0 Å². The van der Waals surface area contributed by atoms with Crippen molar-refractivity contribution in [2.75, 3.05) is 19.7 Å². The average Bonchev–Trinajstić information content (AvgIpc) is 2.61. The van der Waals surface area contributed by atoms with Crippen LogP contribution in [0.4, 0.5) is 4.79 Å². The summed E-state index contributed by atoms with van der Waals surface area (Å²) in [5.41, 5.74) is 0.600. The molecule has 0 radical (unpaired) electrons. The van der Waals surface area contributed by atoms with E-state index in [0.29, 0.717) is 26.1 Å². The van der Waals surface area contributed by atoms with E-state index < -0.39 is 11.5 Å². The van der Waals surface area contributed by atoms with Crippen LogP contribution in [0.15, 0.2) is 30.3 Å². The maximum Gasteiger partial charge on any atom is 0.410 e. The lowest BCUT2D eigenvalue weighted by molar-refractivity contribution is -0.151. The lowest BCUT2D eigenvalue weighted by Gasteiger charge is -2.39. The summed E-state index contributed by atoms with van der Waals surface area (Å²) in [5, 5.41) is 3.55. The maximum absolute atomic E-state index is 12.5. The molecule has 27 heavy (non-hydrogen) atoms. The number of esters is 1. The first-order valence-electron chi connectivity index (χ1n) is 9.67. The van der Waals surface area contributed by atoms with Crippen LogP contribution in [-0.2, 0) is 14.3 Å². The minimum Gasteiger partial charge on any atom is -0.466 e. The lowest BCUT2D eigenvalue weighted by atomic mass is 9.91. The summed E-state index contributed by atoms with van der Waals surface area (Å²) in [6.45, 7) is 10.6. The molecular formula is C21H32N2O4. The Balaban J connectivity index is 2.08. The lowest BCUT2D eigenvalue weighted by Crippen LogP contribution is -2.55. The summed E-state index contributed by atoms with van der Waals surface area (Å²) in [4.78, 5) is 26.6. The fraction of sp³-hybridized carbons (Fsp3) is 0.619. The maximum atomic E-state index is 12.5. The largest absolute Gasteiger partial charge is 0.466 e. The molecule has 0 spiro atoms. The molecule has 6 heteroatoms. The first-order valence-corrected chi connectivity index (χ1v) is 9.67. The van der Waals surface area contributed by atoms with Gasteiger partial charge in [-0.15, -0.1) is 0 Å². The number of likely N-dealkylation sites (tertiary alicyclic amines) is 1. The fourth-order valence-electron chi connectivity index (χ4n) is 3.29. The Bertz CT molecular complexity index is 627. The third-order valence-electron chi connectivity index (χ3n) is 4.62. The van der Waals surface area contributed by atoms with Gasteiger partial charge in [-0.1, -0.05) is 30.3 Å². The second-order valence-electron chi connectivity index (χ2n) is 7.98. The van der Waals surface area contributed by atoms with Crippen molar-refractivity contribution in [2.45, 2.75) is 58.7 Å². The van der Waals surface area contributed by atoms with E-state index in [0.717, 1.165) is 5.56 Å². The second-order valence-corrected chi connectivity index (χ2v) is 7.98. The summed E-state index contributed by atoms with van der Waals surface area (Å²) >= 11 is 0. The molecule has 3 atom stereocenters. The topological polar surface area (TPSA) is 67.9 Å². The van der Waals surface area contributed by atoms with Crippen molar-refractivity contribution >= 4 is 12.1 Å². The summed E-state index contributed by atoms with van der Waals surface area (Å²) in [6.07, 6.45) is 0.284. The van der Waals surface area contributed by atoms with Gasteiger partial charge in [0.05, 0.1) is 12.5 Å². The molecule has 0 saturated carbocycles. The van der Waals surface area contributed by atoms with Gasteiger partial charge in [-0.3, -0.25) is 4.79 Å². The van der Waals surface area contributed by atoms with E-state index in [1.807, 2.05) is 39.0 Å². The molecule has 0 bridgehead atoms. The molecule has 1 heterocycles. The number of hydrogen-bond acceptors (Lipinski definition) is 5. The van der Waals surface area contributed by atoms with Crippen molar-refractivity contribution in [3.8, 4) is 0 Å². The Labute approximate surface area is 162 Å². The van der Waals surface area contributed by atoms with E-state index in [2.05, 4.69) is 24.4 Å². The number of nitrogens with one attached hydrogen (secondary N) is 1. The molecule has 1 aliphatic heterocycles. The smallest absolute Gasteiger partial charge is 0.410 e. The van der Waals surface area contributed by atoms with Crippen LogP contribution in [0.25, 0.3) is 0 Å². The molecule has 2 rings (SSSR count). The van der Waals surface area contributed by atoms with Crippen molar-refractivity contribution < 1.29 is 19.1 Å². The summed E-state index contributed by atoms with van der Waals surface area (Å²) in [6, 6.07) is 10.2. The number of hydrogen-bond donors (Lipinski definition) is 1. The van der Waals surface area contributed by atoms with E-state index in [-0.39, 0.29) is 24.1 Å². The Morgan fingerprint density at radius 1 is 1.26 bits per heavy atom. The number of piperidine rings is 1. The van der Waals surface area contributed by atoms with Gasteiger partial charge in [0, 0.05) is 25.2 Å². The monoisotopic (exact) mass is 376 g/mol. The van der Waals surface area contributed by atoms with Crippen LogP contribution in [0, 0.1) is 5.92 Å². The van der Waals surface area contributed by atoms with Gasteiger partial charge in [-0.2, -0.15) is 0 Å². The number of rotatable bonds is 5. The standard InChI is InChI=1S/C21H32N2O4/c1-6-26-19(24)17-14-23(20(25)27-21(3,4)5)13-12-18(17)22-15(2)16-10-8-7-9-11-16/h7-11,15,17-18,22H,6,12-14H2,1-5H3/t15-,17-,18+/m1/s1. The Kier molecular flexibility index (Phi) is 7.25. The molecule has 1 aliphatic rings. The number of amides is 1. The normalized spacial score (nSPS) is 21.4. The number of ether oxygens (including phenoxy) is 2. The van der Waals surface area contributed by atoms with Crippen LogP contribution in [0.2, 0.25) is 0 Å². The van der Waals surface area contributed by atoms with Gasteiger partial charge >= 0.3 is 12.1 Å². The van der Waals surface area contributed by atoms with Crippen molar-refractivity contribution in [2.24, 2.45) is 5.92 Å². The molecule has 1 amide bonds. The Hall–Kier alpha value is -2.08. The second kappa shape index (κ2) is 9.22. The Morgan fingerprint density at radius 3 is 2.52 bits per heavy atom. The third-order valence-corrected chi connectivity index (χ3v) is 4.62. The number of carbonyl (C=O) groups excluding carboxylic acids is 2. The highest BCUT2D eigenvalue weighted by Crippen LogP contribution is 2.24. The SMILES string of the molecule is CCOC(=O)[C@@H]1CN(C(=O)OC(C)(C)C)CC[C@@H]1N[C@H](C)c1ccccc1. The van der Waals surface area contributed by atoms with Crippen LogP contribution in [0.1, 0.15) is 52.6 Å². The molecule has 0 aliphatic carbocycles. The predicted molar refractivity (Wildman–Crippen MR) is 104 cm³/mol. The molecule has 1 aromatic rings. The zero-order valence-corrected chi connectivity index (χ0v) is 17.0. The number of carbonyl (C=O) groups is 2. The van der Waals surface area contributed by atoms with Gasteiger partial charge in [-0.05, 0) is 46.6 Å². The van der Waals surface area contributed by atoms with Crippen molar-refractivity contribution in [3.63, 3.8) is 0 Å². The van der Waals surface area contributed by atoms with Crippen molar-refractivity contribution in [1.29, 1.82) is 0 Å². The van der Waals surface area contributed by atoms with Crippen LogP contribution in [0.5, 0.6) is 0 Å². The van der Waals surface area contributed by atoms with E-state index in [1.165, 1.54) is 0 Å². The fourth-order valence-corrected chi connectivity index (χ4v) is 3.29. The molecule has 1 aromatic carbocycles. The van der Waals surface area contributed by atoms with Gasteiger partial charge < -0.3 is 19.7 Å². The zero-order valence-electron chi connectivity index (χ0n) is 17.0. The molecule has 1 saturated heterocycles. The highest BCUT2D eigenvalue weighted by Gasteiger charge is 2.38.